The van der Waals surface area contributed by atoms with Crippen molar-refractivity contribution in [3.05, 3.63) is 56.7 Å². The minimum atomic E-state index is -0.224. The Morgan fingerprint density at radius 3 is 2.89 bits per heavy atom. The lowest BCUT2D eigenvalue weighted by Crippen LogP contribution is -2.17. The van der Waals surface area contributed by atoms with E-state index in [1.165, 1.54) is 11.3 Å². The van der Waals surface area contributed by atoms with Gasteiger partial charge in [-0.2, -0.15) is 5.10 Å². The average molecular weight is 279 g/mol. The zero-order valence-corrected chi connectivity index (χ0v) is 11.3. The maximum Gasteiger partial charge on any atom is 0.271 e. The highest BCUT2D eigenvalue weighted by Crippen LogP contribution is 2.19. The molecule has 1 aromatic carbocycles. The Labute approximate surface area is 114 Å². The number of carbonyl (C=O) groups excluding carboxylic acids is 1. The van der Waals surface area contributed by atoms with Crippen molar-refractivity contribution in [2.24, 2.45) is 5.10 Å². The quantitative estimate of drug-likeness (QED) is 0.678. The molecule has 5 heteroatoms. The van der Waals surface area contributed by atoms with Gasteiger partial charge in [-0.1, -0.05) is 29.3 Å². The highest BCUT2D eigenvalue weighted by molar-refractivity contribution is 7.17. The molecule has 2 aromatic rings. The second-order valence-electron chi connectivity index (χ2n) is 3.71. The molecule has 1 amide bonds. The Hall–Kier alpha value is -1.65. The second kappa shape index (κ2) is 5.80. The Bertz CT molecular complexity index is 592. The molecule has 0 aliphatic carbocycles. The van der Waals surface area contributed by atoms with Gasteiger partial charge in [0, 0.05) is 10.4 Å². The molecule has 0 aliphatic heterocycles. The lowest BCUT2D eigenvalue weighted by atomic mass is 10.1. The highest BCUT2D eigenvalue weighted by Gasteiger charge is 2.03. The van der Waals surface area contributed by atoms with E-state index in [9.17, 15) is 4.79 Å². The fourth-order valence-electron chi connectivity index (χ4n) is 1.40. The summed E-state index contributed by atoms with van der Waals surface area (Å²) in [5.41, 5.74) is 4.11. The van der Waals surface area contributed by atoms with E-state index in [-0.39, 0.29) is 5.91 Å². The Morgan fingerprint density at radius 2 is 2.22 bits per heavy atom. The SMILES string of the molecule is Cc1cccc(C(=O)NN=Cc2ccc(Cl)s2)c1. The number of aryl methyl sites for hydroxylation is 1. The molecule has 0 unspecified atom stereocenters. The van der Waals surface area contributed by atoms with Crippen LogP contribution in [0, 0.1) is 6.92 Å². The third-order valence-corrected chi connectivity index (χ3v) is 3.40. The normalized spacial score (nSPS) is 10.8. The second-order valence-corrected chi connectivity index (χ2v) is 5.46. The predicted octanol–water partition coefficient (Wildman–Crippen LogP) is 3.47. The van der Waals surface area contributed by atoms with E-state index in [4.69, 9.17) is 11.6 Å². The van der Waals surface area contributed by atoms with Crippen LogP contribution in [0.1, 0.15) is 20.8 Å². The van der Waals surface area contributed by atoms with Gasteiger partial charge in [0.05, 0.1) is 10.6 Å². The molecule has 0 aliphatic rings. The number of amides is 1. The fraction of sp³-hybridized carbons (Fsp3) is 0.0769. The maximum absolute atomic E-state index is 11.7. The van der Waals surface area contributed by atoms with Gasteiger partial charge in [-0.15, -0.1) is 11.3 Å². The molecule has 0 saturated carbocycles. The molecule has 0 bridgehead atoms. The van der Waals surface area contributed by atoms with Crippen LogP contribution in [0.15, 0.2) is 41.5 Å². The van der Waals surface area contributed by atoms with Crippen molar-refractivity contribution in [1.29, 1.82) is 0 Å². The van der Waals surface area contributed by atoms with Crippen LogP contribution in [-0.2, 0) is 0 Å². The van der Waals surface area contributed by atoms with E-state index in [1.807, 2.05) is 31.2 Å². The van der Waals surface area contributed by atoms with Crippen LogP contribution < -0.4 is 5.43 Å². The van der Waals surface area contributed by atoms with Gasteiger partial charge in [0.15, 0.2) is 0 Å². The molecule has 92 valence electrons. The topological polar surface area (TPSA) is 41.5 Å². The molecule has 0 atom stereocenters. The average Bonchev–Trinajstić information content (AvgIpc) is 2.75. The minimum Gasteiger partial charge on any atom is -0.267 e. The summed E-state index contributed by atoms with van der Waals surface area (Å²) >= 11 is 7.19. The van der Waals surface area contributed by atoms with Crippen LogP contribution in [0.5, 0.6) is 0 Å². The largest absolute Gasteiger partial charge is 0.271 e. The fourth-order valence-corrected chi connectivity index (χ4v) is 2.34. The first kappa shape index (κ1) is 12.8. The third-order valence-electron chi connectivity index (χ3n) is 2.23. The molecule has 3 nitrogen and oxygen atoms in total. The smallest absolute Gasteiger partial charge is 0.267 e. The summed E-state index contributed by atoms with van der Waals surface area (Å²) in [6.07, 6.45) is 1.57. The number of rotatable bonds is 3. The van der Waals surface area contributed by atoms with Gasteiger partial charge in [0.1, 0.15) is 0 Å². The summed E-state index contributed by atoms with van der Waals surface area (Å²) in [5, 5.41) is 3.89. The summed E-state index contributed by atoms with van der Waals surface area (Å²) in [4.78, 5) is 12.6. The maximum atomic E-state index is 11.7. The molecule has 0 fully saturated rings. The van der Waals surface area contributed by atoms with Crippen LogP contribution in [-0.4, -0.2) is 12.1 Å². The minimum absolute atomic E-state index is 0.224. The van der Waals surface area contributed by atoms with Crippen molar-refractivity contribution in [3.8, 4) is 0 Å². The summed E-state index contributed by atoms with van der Waals surface area (Å²) in [7, 11) is 0. The van der Waals surface area contributed by atoms with Crippen molar-refractivity contribution in [1.82, 2.24) is 5.43 Å². The van der Waals surface area contributed by atoms with Gasteiger partial charge >= 0.3 is 0 Å². The number of halogens is 1. The summed E-state index contributed by atoms with van der Waals surface area (Å²) in [6.45, 7) is 1.94. The molecular weight excluding hydrogens is 268 g/mol. The Kier molecular flexibility index (Phi) is 4.12. The van der Waals surface area contributed by atoms with E-state index >= 15 is 0 Å². The molecule has 0 radical (unpaired) electrons. The first-order chi connectivity index (χ1) is 8.65. The predicted molar refractivity (Wildman–Crippen MR) is 75.6 cm³/mol. The van der Waals surface area contributed by atoms with Gasteiger partial charge in [0.2, 0.25) is 0 Å². The number of nitrogens with zero attached hydrogens (tertiary/aromatic N) is 1. The number of carbonyl (C=O) groups is 1. The number of hydrogen-bond acceptors (Lipinski definition) is 3. The Morgan fingerprint density at radius 1 is 1.39 bits per heavy atom. The van der Waals surface area contributed by atoms with Crippen molar-refractivity contribution in [2.75, 3.05) is 0 Å². The highest BCUT2D eigenvalue weighted by atomic mass is 35.5. The monoisotopic (exact) mass is 278 g/mol. The van der Waals surface area contributed by atoms with E-state index in [0.29, 0.717) is 9.90 Å². The molecule has 0 saturated heterocycles. The van der Waals surface area contributed by atoms with Gasteiger partial charge in [-0.3, -0.25) is 4.79 Å². The van der Waals surface area contributed by atoms with Gasteiger partial charge < -0.3 is 0 Å². The zero-order valence-electron chi connectivity index (χ0n) is 9.68. The van der Waals surface area contributed by atoms with Crippen LogP contribution in [0.25, 0.3) is 0 Å². The van der Waals surface area contributed by atoms with E-state index < -0.39 is 0 Å². The van der Waals surface area contributed by atoms with Crippen molar-refractivity contribution in [2.45, 2.75) is 6.92 Å². The van der Waals surface area contributed by atoms with Crippen LogP contribution in [0.4, 0.5) is 0 Å². The van der Waals surface area contributed by atoms with Gasteiger partial charge in [-0.25, -0.2) is 5.43 Å². The number of benzene rings is 1. The van der Waals surface area contributed by atoms with E-state index in [0.717, 1.165) is 10.4 Å². The number of hydrogen-bond donors (Lipinski definition) is 1. The molecule has 1 heterocycles. The Balaban J connectivity index is 1.98. The van der Waals surface area contributed by atoms with Crippen LogP contribution in [0.2, 0.25) is 4.34 Å². The number of hydrazone groups is 1. The lowest BCUT2D eigenvalue weighted by Gasteiger charge is -2.00. The first-order valence-corrected chi connectivity index (χ1v) is 6.50. The molecule has 0 spiro atoms. The third kappa shape index (κ3) is 3.42. The van der Waals surface area contributed by atoms with Crippen molar-refractivity contribution < 1.29 is 4.79 Å². The molecule has 2 rings (SSSR count). The summed E-state index contributed by atoms with van der Waals surface area (Å²) in [6, 6.07) is 11.0. The van der Waals surface area contributed by atoms with Crippen molar-refractivity contribution in [3.63, 3.8) is 0 Å². The first-order valence-electron chi connectivity index (χ1n) is 5.30. The summed E-state index contributed by atoms with van der Waals surface area (Å²) < 4.78 is 0.696. The zero-order chi connectivity index (χ0) is 13.0. The van der Waals surface area contributed by atoms with Gasteiger partial charge in [0.25, 0.3) is 5.91 Å². The number of thiophene rings is 1. The van der Waals surface area contributed by atoms with Crippen LogP contribution >= 0.6 is 22.9 Å². The molecule has 1 N–H and O–H groups in total. The number of nitrogens with one attached hydrogen (secondary N) is 1. The van der Waals surface area contributed by atoms with Crippen LogP contribution in [0.3, 0.4) is 0 Å². The van der Waals surface area contributed by atoms with Crippen molar-refractivity contribution >= 4 is 35.1 Å². The molecule has 18 heavy (non-hydrogen) atoms. The molecular formula is C13H11ClN2OS. The summed E-state index contributed by atoms with van der Waals surface area (Å²) in [5.74, 6) is -0.224. The van der Waals surface area contributed by atoms with E-state index in [2.05, 4.69) is 10.5 Å². The molecule has 1 aromatic heterocycles. The van der Waals surface area contributed by atoms with Gasteiger partial charge in [-0.05, 0) is 31.2 Å². The standard InChI is InChI=1S/C13H11ClN2OS/c1-9-3-2-4-10(7-9)13(17)16-15-8-11-5-6-12(14)18-11/h2-8H,1H3,(H,16,17). The van der Waals surface area contributed by atoms with E-state index in [1.54, 1.807) is 18.3 Å². The lowest BCUT2D eigenvalue weighted by molar-refractivity contribution is 0.0955.